The largest absolute Gasteiger partial charge is 0.547 e. The van der Waals surface area contributed by atoms with Gasteiger partial charge in [0.05, 0.1) is 5.76 Å². The van der Waals surface area contributed by atoms with Gasteiger partial charge in [-0.3, -0.25) is 4.79 Å². The van der Waals surface area contributed by atoms with Crippen LogP contribution >= 0.6 is 0 Å². The normalized spacial score (nSPS) is 11.2. The summed E-state index contributed by atoms with van der Waals surface area (Å²) in [6.07, 6.45) is -0.0930. The molecule has 0 saturated carbocycles. The van der Waals surface area contributed by atoms with Crippen molar-refractivity contribution >= 4 is 22.6 Å². The minimum atomic E-state index is -1.65. The van der Waals surface area contributed by atoms with Crippen LogP contribution in [-0.2, 0) is 9.22 Å². The zero-order valence-electron chi connectivity index (χ0n) is 11.1. The van der Waals surface area contributed by atoms with E-state index in [2.05, 4.69) is 6.58 Å². The Bertz CT molecular complexity index is 232. The Hall–Kier alpha value is -0.596. The molecule has 96 valence electrons. The second-order valence-electron chi connectivity index (χ2n) is 5.49. The SMILES string of the molecule is C=C(CC(=O)O)O[Si](C)(C)C.C[Si](C)(C)O. The molecule has 0 aliphatic carbocycles. The molecule has 2 N–H and O–H groups in total. The molecule has 0 fully saturated rings. The van der Waals surface area contributed by atoms with E-state index in [4.69, 9.17) is 14.3 Å². The van der Waals surface area contributed by atoms with Crippen LogP contribution < -0.4 is 0 Å². The zero-order valence-corrected chi connectivity index (χ0v) is 13.1. The summed E-state index contributed by atoms with van der Waals surface area (Å²) in [5.74, 6) is -0.537. The molecule has 0 bridgehead atoms. The summed E-state index contributed by atoms with van der Waals surface area (Å²) in [5.41, 5.74) is 0. The van der Waals surface area contributed by atoms with Gasteiger partial charge in [-0.2, -0.15) is 0 Å². The maximum atomic E-state index is 10.2. The molecule has 0 spiro atoms. The van der Waals surface area contributed by atoms with E-state index >= 15 is 0 Å². The molecule has 0 aliphatic heterocycles. The second-order valence-corrected chi connectivity index (χ2v) is 14.3. The molecule has 0 atom stereocenters. The standard InChI is InChI=1S/C7H14O3Si.C3H10OSi/c1-6(5-7(8)9)10-11(2,3)4;1-5(2,3)4/h1,5H2,2-4H3,(H,8,9);4H,1-3H3. The molecule has 16 heavy (non-hydrogen) atoms. The highest BCUT2D eigenvalue weighted by atomic mass is 28.4. The molecule has 0 aromatic heterocycles. The topological polar surface area (TPSA) is 66.8 Å². The highest BCUT2D eigenvalue weighted by Crippen LogP contribution is 2.10. The summed E-state index contributed by atoms with van der Waals surface area (Å²) in [4.78, 5) is 18.8. The molecular formula is C10H24O4Si2. The Labute approximate surface area is 100 Å². The lowest BCUT2D eigenvalue weighted by molar-refractivity contribution is -0.136. The van der Waals surface area contributed by atoms with Gasteiger partial charge < -0.3 is 14.3 Å². The van der Waals surface area contributed by atoms with Gasteiger partial charge >= 0.3 is 5.97 Å². The van der Waals surface area contributed by atoms with E-state index in [0.29, 0.717) is 5.76 Å². The number of carboxylic acid groups (broad SMARTS) is 1. The Balaban J connectivity index is 0. The van der Waals surface area contributed by atoms with Gasteiger partial charge in [-0.1, -0.05) is 6.58 Å². The van der Waals surface area contributed by atoms with E-state index in [1.54, 1.807) is 0 Å². The van der Waals surface area contributed by atoms with Gasteiger partial charge in [0.1, 0.15) is 6.42 Å². The minimum Gasteiger partial charge on any atom is -0.547 e. The summed E-state index contributed by atoms with van der Waals surface area (Å²) < 4.78 is 5.31. The van der Waals surface area contributed by atoms with Crippen LogP contribution in [0.5, 0.6) is 0 Å². The summed E-state index contributed by atoms with van der Waals surface area (Å²) in [7, 11) is -3.26. The van der Waals surface area contributed by atoms with Crippen LogP contribution in [0.25, 0.3) is 0 Å². The van der Waals surface area contributed by atoms with Gasteiger partial charge in [-0.25, -0.2) is 0 Å². The molecular weight excluding hydrogens is 240 g/mol. The fourth-order valence-electron chi connectivity index (χ4n) is 0.638. The van der Waals surface area contributed by atoms with Gasteiger partial charge in [-0.15, -0.1) is 0 Å². The van der Waals surface area contributed by atoms with Crippen molar-refractivity contribution in [1.29, 1.82) is 0 Å². The molecule has 0 aliphatic rings. The Kier molecular flexibility index (Phi) is 7.64. The lowest BCUT2D eigenvalue weighted by Gasteiger charge is -2.19. The van der Waals surface area contributed by atoms with Crippen LogP contribution in [0.15, 0.2) is 12.3 Å². The first-order valence-electron chi connectivity index (χ1n) is 5.12. The Morgan fingerprint density at radius 1 is 1.19 bits per heavy atom. The first kappa shape index (κ1) is 17.8. The molecule has 0 heterocycles. The molecule has 0 aromatic carbocycles. The van der Waals surface area contributed by atoms with Gasteiger partial charge in [0.15, 0.2) is 8.32 Å². The Morgan fingerprint density at radius 2 is 1.50 bits per heavy atom. The molecule has 0 aromatic rings. The molecule has 0 rings (SSSR count). The van der Waals surface area contributed by atoms with Crippen LogP contribution in [0.1, 0.15) is 6.42 Å². The maximum absolute atomic E-state index is 10.2. The molecule has 0 unspecified atom stereocenters. The van der Waals surface area contributed by atoms with Crippen LogP contribution in [0.3, 0.4) is 0 Å². The maximum Gasteiger partial charge on any atom is 0.310 e. The lowest BCUT2D eigenvalue weighted by atomic mass is 10.4. The van der Waals surface area contributed by atoms with Gasteiger partial charge in [0.25, 0.3) is 0 Å². The van der Waals surface area contributed by atoms with E-state index < -0.39 is 22.6 Å². The van der Waals surface area contributed by atoms with E-state index in [1.807, 2.05) is 39.3 Å². The fraction of sp³-hybridized carbons (Fsp3) is 0.700. The number of carbonyl (C=O) groups is 1. The Morgan fingerprint density at radius 3 is 1.69 bits per heavy atom. The predicted molar refractivity (Wildman–Crippen MR) is 71.4 cm³/mol. The summed E-state index contributed by atoms with van der Waals surface area (Å²) in [6.45, 7) is 15.1. The van der Waals surface area contributed by atoms with Crippen molar-refractivity contribution in [2.24, 2.45) is 0 Å². The third-order valence-corrected chi connectivity index (χ3v) is 1.70. The van der Waals surface area contributed by atoms with Crippen molar-refractivity contribution in [3.05, 3.63) is 12.3 Å². The monoisotopic (exact) mass is 264 g/mol. The van der Waals surface area contributed by atoms with Gasteiger partial charge in [0, 0.05) is 0 Å². The van der Waals surface area contributed by atoms with Crippen LogP contribution in [0.4, 0.5) is 0 Å². The molecule has 4 nitrogen and oxygen atoms in total. The first-order chi connectivity index (χ1) is 6.81. The number of hydrogen-bond donors (Lipinski definition) is 2. The quantitative estimate of drug-likeness (QED) is 0.605. The average Bonchev–Trinajstić information content (AvgIpc) is 1.72. The van der Waals surface area contributed by atoms with E-state index in [-0.39, 0.29) is 6.42 Å². The predicted octanol–water partition coefficient (Wildman–Crippen LogP) is 2.64. The molecule has 6 heteroatoms. The number of aliphatic carboxylic acids is 1. The summed E-state index contributed by atoms with van der Waals surface area (Å²) in [5, 5.41) is 8.36. The molecule has 0 saturated heterocycles. The highest BCUT2D eigenvalue weighted by Gasteiger charge is 2.17. The number of carboxylic acids is 1. The number of rotatable bonds is 4. The number of hydrogen-bond acceptors (Lipinski definition) is 3. The van der Waals surface area contributed by atoms with Crippen molar-refractivity contribution in [2.75, 3.05) is 0 Å². The van der Waals surface area contributed by atoms with Crippen LogP contribution in [0.2, 0.25) is 39.3 Å². The molecule has 0 amide bonds. The van der Waals surface area contributed by atoms with E-state index in [0.717, 1.165) is 0 Å². The van der Waals surface area contributed by atoms with Crippen molar-refractivity contribution in [2.45, 2.75) is 45.7 Å². The third-order valence-electron chi connectivity index (χ3n) is 0.799. The van der Waals surface area contributed by atoms with Crippen molar-refractivity contribution < 1.29 is 19.1 Å². The lowest BCUT2D eigenvalue weighted by Crippen LogP contribution is -2.25. The summed E-state index contributed by atoms with van der Waals surface area (Å²) in [6, 6.07) is 0. The first-order valence-corrected chi connectivity index (χ1v) is 12.0. The van der Waals surface area contributed by atoms with E-state index in [1.165, 1.54) is 0 Å². The van der Waals surface area contributed by atoms with Crippen molar-refractivity contribution in [3.63, 3.8) is 0 Å². The molecule has 0 radical (unpaired) electrons. The van der Waals surface area contributed by atoms with Gasteiger partial charge in [-0.05, 0) is 39.3 Å². The highest BCUT2D eigenvalue weighted by molar-refractivity contribution is 6.70. The van der Waals surface area contributed by atoms with Crippen molar-refractivity contribution in [3.8, 4) is 0 Å². The third kappa shape index (κ3) is 29.2. The van der Waals surface area contributed by atoms with Crippen LogP contribution in [0, 0.1) is 0 Å². The summed E-state index contributed by atoms with van der Waals surface area (Å²) >= 11 is 0. The van der Waals surface area contributed by atoms with E-state index in [9.17, 15) is 4.79 Å². The second kappa shape index (κ2) is 6.87. The average molecular weight is 264 g/mol. The smallest absolute Gasteiger partial charge is 0.310 e. The van der Waals surface area contributed by atoms with Crippen molar-refractivity contribution in [1.82, 2.24) is 0 Å². The fourth-order valence-corrected chi connectivity index (χ4v) is 1.58. The minimum absolute atomic E-state index is 0.0930. The van der Waals surface area contributed by atoms with Gasteiger partial charge in [0.2, 0.25) is 8.32 Å². The zero-order chi connectivity index (χ0) is 13.6. The van der Waals surface area contributed by atoms with Crippen LogP contribution in [-0.4, -0.2) is 32.5 Å².